The van der Waals surface area contributed by atoms with E-state index >= 15 is 0 Å². The summed E-state index contributed by atoms with van der Waals surface area (Å²) in [4.78, 5) is 19.3. The van der Waals surface area contributed by atoms with E-state index in [9.17, 15) is 23.1 Å². The fraction of sp³-hybridized carbons (Fsp3) is 0.115. The number of amides is 1. The highest BCUT2D eigenvalue weighted by Gasteiger charge is 2.35. The number of aromatic hydroxyl groups is 1. The topological polar surface area (TPSA) is 75.7 Å². The van der Waals surface area contributed by atoms with Crippen molar-refractivity contribution in [2.75, 3.05) is 4.90 Å². The number of hydrogen-bond donors (Lipinski definition) is 1. The largest absolute Gasteiger partial charge is 0.507 e. The number of carbonyl (C=O) groups excluding carboxylic acids is 1. The van der Waals surface area contributed by atoms with E-state index in [4.69, 9.17) is 11.6 Å². The number of hydrogen-bond acceptors (Lipinski definition) is 4. The highest BCUT2D eigenvalue weighted by Crippen LogP contribution is 2.37. The Morgan fingerprint density at radius 1 is 1.08 bits per heavy atom. The molecule has 1 amide bonds. The Labute approximate surface area is 214 Å². The maximum Gasteiger partial charge on any atom is 0.433 e. The van der Waals surface area contributed by atoms with Gasteiger partial charge in [-0.15, -0.1) is 0 Å². The van der Waals surface area contributed by atoms with Crippen LogP contribution in [-0.2, 0) is 19.8 Å². The number of fused-ring (bicyclic) bond motifs is 1. The smallest absolute Gasteiger partial charge is 0.433 e. The molecule has 0 saturated carbocycles. The minimum Gasteiger partial charge on any atom is -0.507 e. The summed E-state index contributed by atoms with van der Waals surface area (Å²) in [6.45, 7) is 0.151. The zero-order chi connectivity index (χ0) is 26.3. The average molecular weight is 526 g/mol. The van der Waals surface area contributed by atoms with Gasteiger partial charge in [-0.3, -0.25) is 9.48 Å². The molecule has 1 N–H and O–H groups in total. The highest BCUT2D eigenvalue weighted by molar-refractivity contribution is 6.30. The van der Waals surface area contributed by atoms with Crippen molar-refractivity contribution in [3.05, 3.63) is 101 Å². The lowest BCUT2D eigenvalue weighted by atomic mass is 10.1. The lowest BCUT2D eigenvalue weighted by Crippen LogP contribution is -2.30. The molecule has 2 aromatic carbocycles. The average Bonchev–Trinajstić information content (AvgIpc) is 3.49. The molecular formula is C26H19ClF3N5O2. The fourth-order valence-electron chi connectivity index (χ4n) is 4.02. The van der Waals surface area contributed by atoms with Gasteiger partial charge in [0.05, 0.1) is 17.8 Å². The molecular weight excluding hydrogens is 507 g/mol. The second kappa shape index (κ2) is 9.29. The molecule has 0 aliphatic carbocycles. The van der Waals surface area contributed by atoms with E-state index < -0.39 is 11.9 Å². The molecule has 0 aliphatic rings. The van der Waals surface area contributed by atoms with Gasteiger partial charge in [0.15, 0.2) is 0 Å². The van der Waals surface area contributed by atoms with Crippen LogP contribution in [0.2, 0.25) is 5.02 Å². The number of carbonyl (C=O) groups is 1. The summed E-state index contributed by atoms with van der Waals surface area (Å²) in [5.41, 5.74) is 1.30. The van der Waals surface area contributed by atoms with Crippen molar-refractivity contribution in [1.29, 1.82) is 0 Å². The van der Waals surface area contributed by atoms with Crippen LogP contribution in [0.15, 0.2) is 79.3 Å². The van der Waals surface area contributed by atoms with Crippen LogP contribution in [0.3, 0.4) is 0 Å². The lowest BCUT2D eigenvalue weighted by molar-refractivity contribution is -0.143. The van der Waals surface area contributed by atoms with Gasteiger partial charge in [0.25, 0.3) is 5.91 Å². The first kappa shape index (κ1) is 24.4. The molecule has 0 bridgehead atoms. The molecule has 3 aromatic heterocycles. The molecule has 0 aliphatic heterocycles. The van der Waals surface area contributed by atoms with Gasteiger partial charge in [0, 0.05) is 48.0 Å². The number of nitrogens with zero attached hydrogens (tertiary/aromatic N) is 5. The van der Waals surface area contributed by atoms with Crippen molar-refractivity contribution in [3.63, 3.8) is 0 Å². The van der Waals surface area contributed by atoms with Crippen LogP contribution in [0.4, 0.5) is 18.9 Å². The number of imidazole rings is 1. The maximum atomic E-state index is 13.7. The Hall–Kier alpha value is -4.31. The first-order valence-electron chi connectivity index (χ1n) is 11.0. The molecule has 3 heterocycles. The molecule has 0 radical (unpaired) electrons. The van der Waals surface area contributed by atoms with Gasteiger partial charge in [0.2, 0.25) is 0 Å². The third-order valence-corrected chi connectivity index (χ3v) is 6.13. The summed E-state index contributed by atoms with van der Waals surface area (Å²) in [5.74, 6) is -0.668. The number of rotatable bonds is 5. The van der Waals surface area contributed by atoms with E-state index in [0.29, 0.717) is 26.6 Å². The number of phenols is 1. The van der Waals surface area contributed by atoms with E-state index in [-0.39, 0.29) is 29.5 Å². The number of benzene rings is 2. The summed E-state index contributed by atoms with van der Waals surface area (Å²) < 4.78 is 42.1. The SMILES string of the molecule is Cn1nc(-c2ccc(N(Cc3ccc(Cl)cc3)C(=O)c3ccc4nccn4c3)cc2O)cc1C(F)(F)F. The molecule has 0 spiro atoms. The van der Waals surface area contributed by atoms with Gasteiger partial charge in [0.1, 0.15) is 17.1 Å². The van der Waals surface area contributed by atoms with Crippen molar-refractivity contribution in [2.24, 2.45) is 7.05 Å². The van der Waals surface area contributed by atoms with Crippen molar-refractivity contribution >= 4 is 28.8 Å². The van der Waals surface area contributed by atoms with Gasteiger partial charge >= 0.3 is 6.18 Å². The molecule has 5 aromatic rings. The molecule has 0 atom stereocenters. The highest BCUT2D eigenvalue weighted by atomic mass is 35.5. The zero-order valence-electron chi connectivity index (χ0n) is 19.3. The van der Waals surface area contributed by atoms with Crippen LogP contribution in [-0.4, -0.2) is 30.2 Å². The van der Waals surface area contributed by atoms with E-state index in [1.165, 1.54) is 24.1 Å². The van der Waals surface area contributed by atoms with E-state index in [0.717, 1.165) is 11.6 Å². The second-order valence-electron chi connectivity index (χ2n) is 8.37. The molecule has 0 saturated heterocycles. The number of aryl methyl sites for hydroxylation is 1. The number of alkyl halides is 3. The van der Waals surface area contributed by atoms with Crippen LogP contribution in [0.5, 0.6) is 5.75 Å². The Bertz CT molecular complexity index is 1610. The molecule has 7 nitrogen and oxygen atoms in total. The molecule has 0 fully saturated rings. The Kier molecular flexibility index (Phi) is 6.12. The van der Waals surface area contributed by atoms with Crippen molar-refractivity contribution in [2.45, 2.75) is 12.7 Å². The minimum absolute atomic E-state index is 0.0417. The van der Waals surface area contributed by atoms with Crippen molar-refractivity contribution in [3.8, 4) is 17.0 Å². The van der Waals surface area contributed by atoms with Gasteiger partial charge in [-0.1, -0.05) is 23.7 Å². The Morgan fingerprint density at radius 3 is 2.51 bits per heavy atom. The van der Waals surface area contributed by atoms with E-state index in [1.54, 1.807) is 65.5 Å². The van der Waals surface area contributed by atoms with Crippen LogP contribution in [0.1, 0.15) is 21.6 Å². The number of anilines is 1. The third-order valence-electron chi connectivity index (χ3n) is 5.87. The van der Waals surface area contributed by atoms with Crippen molar-refractivity contribution in [1.82, 2.24) is 19.2 Å². The normalized spacial score (nSPS) is 11.7. The summed E-state index contributed by atoms with van der Waals surface area (Å²) in [6.07, 6.45) is 0.403. The van der Waals surface area contributed by atoms with Crippen molar-refractivity contribution < 1.29 is 23.1 Å². The number of aromatic nitrogens is 4. The number of halogens is 4. The monoisotopic (exact) mass is 525 g/mol. The molecule has 5 rings (SSSR count). The number of phenolic OH excluding ortho intramolecular Hbond substituents is 1. The van der Waals surface area contributed by atoms with E-state index in [2.05, 4.69) is 10.1 Å². The minimum atomic E-state index is -4.59. The molecule has 0 unspecified atom stereocenters. The summed E-state index contributed by atoms with van der Waals surface area (Å²) in [5, 5.41) is 15.2. The molecule has 37 heavy (non-hydrogen) atoms. The first-order valence-corrected chi connectivity index (χ1v) is 11.4. The summed E-state index contributed by atoms with van der Waals surface area (Å²) in [6, 6.07) is 15.5. The maximum absolute atomic E-state index is 13.7. The van der Waals surface area contributed by atoms with Gasteiger partial charge in [-0.25, -0.2) is 4.98 Å². The molecule has 188 valence electrons. The van der Waals surface area contributed by atoms with E-state index in [1.807, 2.05) is 0 Å². The van der Waals surface area contributed by atoms with Crippen LogP contribution in [0.25, 0.3) is 16.9 Å². The Balaban J connectivity index is 1.54. The predicted molar refractivity (Wildman–Crippen MR) is 132 cm³/mol. The third kappa shape index (κ3) is 4.88. The van der Waals surface area contributed by atoms with Gasteiger partial charge in [-0.05, 0) is 48.0 Å². The first-order chi connectivity index (χ1) is 17.6. The van der Waals surface area contributed by atoms with Gasteiger partial charge in [-0.2, -0.15) is 18.3 Å². The fourth-order valence-corrected chi connectivity index (χ4v) is 4.15. The summed E-state index contributed by atoms with van der Waals surface area (Å²) in [7, 11) is 1.18. The second-order valence-corrected chi connectivity index (χ2v) is 8.80. The van der Waals surface area contributed by atoms with Gasteiger partial charge < -0.3 is 14.4 Å². The lowest BCUT2D eigenvalue weighted by Gasteiger charge is -2.24. The number of pyridine rings is 1. The zero-order valence-corrected chi connectivity index (χ0v) is 20.1. The van der Waals surface area contributed by atoms with Crippen LogP contribution in [0, 0.1) is 0 Å². The predicted octanol–water partition coefficient (Wildman–Crippen LogP) is 5.96. The van der Waals surface area contributed by atoms with Crippen LogP contribution < -0.4 is 4.90 Å². The van der Waals surface area contributed by atoms with Crippen LogP contribution >= 0.6 is 11.6 Å². The standard InChI is InChI=1S/C26H19ClF3N5O2/c1-33-23(26(28,29)30)13-21(32-33)20-8-7-19(12-22(20)36)35(14-16-2-5-18(27)6-3-16)25(37)17-4-9-24-31-10-11-34(24)15-17/h2-13,15,36H,14H2,1H3. The Morgan fingerprint density at radius 2 is 1.84 bits per heavy atom. The quantitative estimate of drug-likeness (QED) is 0.307. The molecule has 11 heteroatoms. The summed E-state index contributed by atoms with van der Waals surface area (Å²) >= 11 is 6.01.